The quantitative estimate of drug-likeness (QED) is 0.345. The lowest BCUT2D eigenvalue weighted by Gasteiger charge is -2.27. The van der Waals surface area contributed by atoms with Gasteiger partial charge in [0.2, 0.25) is 0 Å². The summed E-state index contributed by atoms with van der Waals surface area (Å²) in [6.45, 7) is 1.71. The highest BCUT2D eigenvalue weighted by atomic mass is 35.5. The van der Waals surface area contributed by atoms with Crippen molar-refractivity contribution in [3.8, 4) is 5.75 Å². The van der Waals surface area contributed by atoms with Crippen LogP contribution in [0.5, 0.6) is 5.75 Å². The molecule has 0 aliphatic carbocycles. The van der Waals surface area contributed by atoms with Crippen molar-refractivity contribution < 1.29 is 27.8 Å². The van der Waals surface area contributed by atoms with E-state index in [9.17, 15) is 23.1 Å². The Hall–Kier alpha value is -3.27. The number of aliphatic imine (C=N–C) groups is 1. The molecule has 6 nitrogen and oxygen atoms in total. The topological polar surface area (TPSA) is 85.9 Å². The summed E-state index contributed by atoms with van der Waals surface area (Å²) in [5.41, 5.74) is 6.27. The standard InChI is InChI=1S/C25H19Cl2F3N2O3.CH4N/c1-2-35-20-13-16(25(28,29)30)7-12-19(20)23-31-21(14-3-8-17(26)9-4-14)22(32(23)24(33)34)15-5-10-18(27)11-6-15;1-2/h3-13,21-22H,2H2,1H3,(H,33,34);2H,1H3/q;-1. The summed E-state index contributed by atoms with van der Waals surface area (Å²) < 4.78 is 45.5. The molecule has 0 bridgehead atoms. The van der Waals surface area contributed by atoms with Gasteiger partial charge in [-0.05, 0) is 60.5 Å². The molecule has 0 saturated heterocycles. The first kappa shape index (κ1) is 28.3. The molecule has 196 valence electrons. The molecule has 0 saturated carbocycles. The lowest BCUT2D eigenvalue weighted by molar-refractivity contribution is -0.137. The summed E-state index contributed by atoms with van der Waals surface area (Å²) in [7, 11) is 1.25. The van der Waals surface area contributed by atoms with E-state index in [1.807, 2.05) is 0 Å². The minimum absolute atomic E-state index is 0.0189. The van der Waals surface area contributed by atoms with Crippen LogP contribution in [0, 0.1) is 0 Å². The third kappa shape index (κ3) is 6.18. The minimum atomic E-state index is -4.59. The Bertz CT molecular complexity index is 1270. The van der Waals surface area contributed by atoms with Crippen molar-refractivity contribution in [2.45, 2.75) is 25.2 Å². The maximum Gasteiger partial charge on any atom is 0.416 e. The van der Waals surface area contributed by atoms with E-state index in [2.05, 4.69) is 0 Å². The molecule has 2 N–H and O–H groups in total. The van der Waals surface area contributed by atoms with Gasteiger partial charge in [0.25, 0.3) is 0 Å². The average Bonchev–Trinajstić information content (AvgIpc) is 3.26. The van der Waals surface area contributed by atoms with Gasteiger partial charge in [0.15, 0.2) is 0 Å². The SMILES string of the molecule is CCOc1cc(C(F)(F)F)ccc1C1=NC(c2ccc(Cl)cc2)C(c2ccc(Cl)cc2)N1C(=O)O.C[NH-]. The predicted octanol–water partition coefficient (Wildman–Crippen LogP) is 8.30. The van der Waals surface area contributed by atoms with Crippen LogP contribution in [0.2, 0.25) is 10.0 Å². The van der Waals surface area contributed by atoms with Crippen LogP contribution in [0.25, 0.3) is 5.73 Å². The van der Waals surface area contributed by atoms with Crippen LogP contribution in [-0.4, -0.2) is 35.6 Å². The van der Waals surface area contributed by atoms with Crippen molar-refractivity contribution in [1.29, 1.82) is 0 Å². The molecule has 2 unspecified atom stereocenters. The molecule has 1 aliphatic heterocycles. The van der Waals surface area contributed by atoms with Crippen molar-refractivity contribution in [2.75, 3.05) is 13.7 Å². The molecule has 0 fully saturated rings. The van der Waals surface area contributed by atoms with Crippen LogP contribution in [0.15, 0.2) is 71.7 Å². The Balaban J connectivity index is 0.00000186. The van der Waals surface area contributed by atoms with Gasteiger partial charge in [-0.1, -0.05) is 47.5 Å². The Morgan fingerprint density at radius 1 is 1.00 bits per heavy atom. The lowest BCUT2D eigenvalue weighted by atomic mass is 9.94. The summed E-state index contributed by atoms with van der Waals surface area (Å²) in [6.07, 6.45) is -5.91. The zero-order chi connectivity index (χ0) is 27.3. The van der Waals surface area contributed by atoms with Crippen LogP contribution in [0.4, 0.5) is 18.0 Å². The van der Waals surface area contributed by atoms with Crippen LogP contribution in [0.3, 0.4) is 0 Å². The van der Waals surface area contributed by atoms with E-state index >= 15 is 0 Å². The Morgan fingerprint density at radius 3 is 2.03 bits per heavy atom. The number of hydrogen-bond acceptors (Lipinski definition) is 3. The average molecular weight is 553 g/mol. The number of hydrogen-bond donors (Lipinski definition) is 1. The molecule has 0 radical (unpaired) electrons. The van der Waals surface area contributed by atoms with E-state index in [0.717, 1.165) is 17.0 Å². The number of halogens is 5. The first-order valence-electron chi connectivity index (χ1n) is 11.1. The van der Waals surface area contributed by atoms with Crippen molar-refractivity contribution >= 4 is 35.1 Å². The molecule has 1 amide bonds. The molecule has 11 heteroatoms. The molecular formula is C26H23Cl2F3N3O3-. The van der Waals surface area contributed by atoms with Crippen molar-refractivity contribution in [2.24, 2.45) is 4.99 Å². The fraction of sp³-hybridized carbons (Fsp3) is 0.231. The monoisotopic (exact) mass is 552 g/mol. The van der Waals surface area contributed by atoms with Gasteiger partial charge in [-0.2, -0.15) is 20.2 Å². The van der Waals surface area contributed by atoms with E-state index < -0.39 is 29.9 Å². The molecule has 1 heterocycles. The number of amides is 1. The summed E-state index contributed by atoms with van der Waals surface area (Å²) >= 11 is 12.1. The molecule has 4 rings (SSSR count). The normalized spacial score (nSPS) is 17.1. The number of carbonyl (C=O) groups is 1. The highest BCUT2D eigenvalue weighted by Crippen LogP contribution is 2.45. The summed E-state index contributed by atoms with van der Waals surface area (Å²) in [4.78, 5) is 18.3. The fourth-order valence-corrected chi connectivity index (χ4v) is 4.26. The van der Waals surface area contributed by atoms with Crippen molar-refractivity contribution in [3.05, 3.63) is 105 Å². The van der Waals surface area contributed by atoms with Gasteiger partial charge in [-0.25, -0.2) is 4.79 Å². The largest absolute Gasteiger partial charge is 0.680 e. The third-order valence-electron chi connectivity index (χ3n) is 5.55. The van der Waals surface area contributed by atoms with E-state index in [0.29, 0.717) is 21.2 Å². The fourth-order valence-electron chi connectivity index (χ4n) is 4.01. The number of rotatable bonds is 5. The second-order valence-corrected chi connectivity index (χ2v) is 8.61. The van der Waals surface area contributed by atoms with Gasteiger partial charge in [-0.3, -0.25) is 9.89 Å². The van der Waals surface area contributed by atoms with Crippen LogP contribution >= 0.6 is 23.2 Å². The summed E-state index contributed by atoms with van der Waals surface area (Å²) in [6, 6.07) is 14.9. The molecule has 3 aromatic carbocycles. The minimum Gasteiger partial charge on any atom is -0.680 e. The highest BCUT2D eigenvalue weighted by Gasteiger charge is 2.43. The smallest absolute Gasteiger partial charge is 0.416 e. The summed E-state index contributed by atoms with van der Waals surface area (Å²) in [5.74, 6) is -0.131. The predicted molar refractivity (Wildman–Crippen MR) is 138 cm³/mol. The number of alkyl halides is 3. The third-order valence-corrected chi connectivity index (χ3v) is 6.05. The maximum absolute atomic E-state index is 13.3. The van der Waals surface area contributed by atoms with Gasteiger partial charge >= 0.3 is 12.3 Å². The van der Waals surface area contributed by atoms with Gasteiger partial charge in [0.1, 0.15) is 17.6 Å². The second kappa shape index (κ2) is 11.9. The zero-order valence-corrected chi connectivity index (χ0v) is 21.3. The van der Waals surface area contributed by atoms with E-state index in [4.69, 9.17) is 38.7 Å². The van der Waals surface area contributed by atoms with Gasteiger partial charge in [-0.15, -0.1) is 0 Å². The first-order chi connectivity index (χ1) is 17.6. The highest BCUT2D eigenvalue weighted by molar-refractivity contribution is 6.30. The van der Waals surface area contributed by atoms with Crippen molar-refractivity contribution in [1.82, 2.24) is 4.90 Å². The number of nitrogens with one attached hydrogen (secondary N) is 1. The zero-order valence-electron chi connectivity index (χ0n) is 19.8. The Morgan fingerprint density at radius 2 is 1.54 bits per heavy atom. The number of carboxylic acid groups (broad SMARTS) is 1. The van der Waals surface area contributed by atoms with Crippen LogP contribution < -0.4 is 4.74 Å². The molecule has 3 aromatic rings. The number of nitrogens with zero attached hydrogens (tertiary/aromatic N) is 2. The van der Waals surface area contributed by atoms with Crippen LogP contribution in [0.1, 0.15) is 41.3 Å². The second-order valence-electron chi connectivity index (χ2n) is 7.74. The van der Waals surface area contributed by atoms with Gasteiger partial charge in [0.05, 0.1) is 23.8 Å². The molecule has 0 spiro atoms. The maximum atomic E-state index is 13.3. The molecule has 0 aromatic heterocycles. The van der Waals surface area contributed by atoms with Gasteiger partial charge < -0.3 is 15.6 Å². The number of benzene rings is 3. The Kier molecular flexibility index (Phi) is 9.07. The van der Waals surface area contributed by atoms with E-state index in [1.165, 1.54) is 13.1 Å². The summed E-state index contributed by atoms with van der Waals surface area (Å²) in [5, 5.41) is 11.2. The molecular weight excluding hydrogens is 530 g/mol. The number of amidine groups is 1. The van der Waals surface area contributed by atoms with E-state index in [-0.39, 0.29) is 23.8 Å². The molecule has 37 heavy (non-hydrogen) atoms. The van der Waals surface area contributed by atoms with E-state index in [1.54, 1.807) is 55.5 Å². The Labute approximate surface area is 222 Å². The lowest BCUT2D eigenvalue weighted by Crippen LogP contribution is -2.37. The molecule has 1 aliphatic rings. The number of ether oxygens (including phenoxy) is 1. The van der Waals surface area contributed by atoms with Crippen LogP contribution in [-0.2, 0) is 6.18 Å². The van der Waals surface area contributed by atoms with Gasteiger partial charge in [0, 0.05) is 10.0 Å². The molecule has 2 atom stereocenters. The first-order valence-corrected chi connectivity index (χ1v) is 11.8. The van der Waals surface area contributed by atoms with Crippen molar-refractivity contribution in [3.63, 3.8) is 0 Å².